The Bertz CT molecular complexity index is 524. The Morgan fingerprint density at radius 2 is 2.25 bits per heavy atom. The maximum atomic E-state index is 12.5. The first kappa shape index (κ1) is 14.5. The normalized spacial score (nSPS) is 20.8. The summed E-state index contributed by atoms with van der Waals surface area (Å²) < 4.78 is 1.33. The maximum absolute atomic E-state index is 12.5. The maximum Gasteiger partial charge on any atom is 0.323 e. The van der Waals surface area contributed by atoms with Gasteiger partial charge in [-0.1, -0.05) is 0 Å². The molecule has 0 spiro atoms. The van der Waals surface area contributed by atoms with E-state index in [0.29, 0.717) is 24.7 Å². The number of likely N-dealkylation sites (tertiary alicyclic amines) is 1. The van der Waals surface area contributed by atoms with Gasteiger partial charge in [-0.2, -0.15) is 0 Å². The van der Waals surface area contributed by atoms with Crippen molar-refractivity contribution in [3.05, 3.63) is 27.9 Å². The van der Waals surface area contributed by atoms with Crippen LogP contribution in [0.5, 0.6) is 0 Å². The Hall–Kier alpha value is -1.89. The number of rotatable bonds is 3. The number of amides is 1. The van der Waals surface area contributed by atoms with Crippen molar-refractivity contribution in [1.82, 2.24) is 9.47 Å². The van der Waals surface area contributed by atoms with E-state index in [4.69, 9.17) is 5.73 Å². The number of carbonyl (C=O) groups is 1. The molecule has 0 aliphatic carbocycles. The molecule has 20 heavy (non-hydrogen) atoms. The predicted molar refractivity (Wildman–Crippen MR) is 74.3 cm³/mol. The second-order valence-corrected chi connectivity index (χ2v) is 5.41. The van der Waals surface area contributed by atoms with Gasteiger partial charge in [-0.15, -0.1) is 0 Å². The molecule has 1 aliphatic heterocycles. The van der Waals surface area contributed by atoms with Crippen LogP contribution < -0.4 is 5.73 Å². The van der Waals surface area contributed by atoms with E-state index in [1.165, 1.54) is 16.7 Å². The number of hydrogen-bond donors (Lipinski definition) is 1. The van der Waals surface area contributed by atoms with Gasteiger partial charge in [-0.05, 0) is 36.7 Å². The van der Waals surface area contributed by atoms with Gasteiger partial charge in [0.1, 0.15) is 0 Å². The zero-order valence-corrected chi connectivity index (χ0v) is 11.8. The van der Waals surface area contributed by atoms with Crippen LogP contribution in [0.15, 0.2) is 12.1 Å². The summed E-state index contributed by atoms with van der Waals surface area (Å²) in [7, 11) is 1.54. The summed E-state index contributed by atoms with van der Waals surface area (Å²) in [6.07, 6.45) is 1.94. The van der Waals surface area contributed by atoms with Gasteiger partial charge >= 0.3 is 5.82 Å². The van der Waals surface area contributed by atoms with Gasteiger partial charge in [0.15, 0.2) is 5.69 Å². The molecule has 2 N–H and O–H groups in total. The molecule has 2 rings (SSSR count). The number of piperidine rings is 1. The zero-order chi connectivity index (χ0) is 14.9. The van der Waals surface area contributed by atoms with Gasteiger partial charge in [-0.25, -0.2) is 4.57 Å². The topological polar surface area (TPSA) is 94.4 Å². The predicted octanol–water partition coefficient (Wildman–Crippen LogP) is 1.13. The molecule has 110 valence electrons. The molecule has 1 aromatic heterocycles. The molecule has 1 aliphatic rings. The quantitative estimate of drug-likeness (QED) is 0.663. The van der Waals surface area contributed by atoms with Crippen LogP contribution in [-0.2, 0) is 7.05 Å². The number of hydrogen-bond acceptors (Lipinski definition) is 4. The highest BCUT2D eigenvalue weighted by Crippen LogP contribution is 2.22. The monoisotopic (exact) mass is 280 g/mol. The van der Waals surface area contributed by atoms with Crippen LogP contribution in [-0.4, -0.2) is 39.4 Å². The molecule has 1 amide bonds. The van der Waals surface area contributed by atoms with E-state index >= 15 is 0 Å². The first-order valence-electron chi connectivity index (χ1n) is 6.76. The second-order valence-electron chi connectivity index (χ2n) is 5.41. The molecule has 2 atom stereocenters. The lowest BCUT2D eigenvalue weighted by Gasteiger charge is -2.34. The summed E-state index contributed by atoms with van der Waals surface area (Å²) in [5.74, 6) is 0.0583. The fourth-order valence-corrected chi connectivity index (χ4v) is 2.68. The van der Waals surface area contributed by atoms with E-state index in [-0.39, 0.29) is 17.8 Å². The average molecular weight is 280 g/mol. The van der Waals surface area contributed by atoms with E-state index in [1.54, 1.807) is 11.9 Å². The van der Waals surface area contributed by atoms with Crippen molar-refractivity contribution in [3.8, 4) is 0 Å². The molecule has 7 nitrogen and oxygen atoms in total. The molecule has 1 fully saturated rings. The van der Waals surface area contributed by atoms with Gasteiger partial charge in [0.25, 0.3) is 5.91 Å². The van der Waals surface area contributed by atoms with Crippen LogP contribution in [0.25, 0.3) is 0 Å². The number of carbonyl (C=O) groups excluding carboxylic acids is 1. The van der Waals surface area contributed by atoms with Crippen molar-refractivity contribution in [1.29, 1.82) is 0 Å². The molecule has 0 bridgehead atoms. The standard InChI is InChI=1S/C13H20N4O3/c1-9(14)10-4-3-7-16(8-10)13(18)11-5-6-12(15(11)2)17(19)20/h5-6,9-10H,3-4,7-8,14H2,1-2H3. The van der Waals surface area contributed by atoms with Crippen molar-refractivity contribution in [3.63, 3.8) is 0 Å². The van der Waals surface area contributed by atoms with E-state index < -0.39 is 4.92 Å². The molecule has 0 saturated carbocycles. The third-order valence-electron chi connectivity index (χ3n) is 3.99. The lowest BCUT2D eigenvalue weighted by molar-refractivity contribution is -0.391. The Balaban J connectivity index is 2.17. The summed E-state index contributed by atoms with van der Waals surface area (Å²) in [6.45, 7) is 3.25. The summed E-state index contributed by atoms with van der Waals surface area (Å²) >= 11 is 0. The van der Waals surface area contributed by atoms with E-state index in [1.807, 2.05) is 6.92 Å². The van der Waals surface area contributed by atoms with Crippen molar-refractivity contribution in [2.24, 2.45) is 18.7 Å². The fourth-order valence-electron chi connectivity index (χ4n) is 2.68. The van der Waals surface area contributed by atoms with Crippen molar-refractivity contribution < 1.29 is 9.72 Å². The molecule has 7 heteroatoms. The van der Waals surface area contributed by atoms with Crippen molar-refractivity contribution in [2.75, 3.05) is 13.1 Å². The fraction of sp³-hybridized carbons (Fsp3) is 0.615. The highest BCUT2D eigenvalue weighted by molar-refractivity contribution is 5.93. The van der Waals surface area contributed by atoms with Gasteiger partial charge in [0.2, 0.25) is 0 Å². The molecule has 0 radical (unpaired) electrons. The average Bonchev–Trinajstić information content (AvgIpc) is 2.80. The van der Waals surface area contributed by atoms with Gasteiger partial charge in [0, 0.05) is 25.2 Å². The minimum Gasteiger partial charge on any atom is -0.358 e. The first-order valence-corrected chi connectivity index (χ1v) is 6.76. The summed E-state index contributed by atoms with van der Waals surface area (Å²) in [5.41, 5.74) is 6.26. The second kappa shape index (κ2) is 5.62. The largest absolute Gasteiger partial charge is 0.358 e. The SMILES string of the molecule is CC(N)C1CCCN(C(=O)c2ccc([N+](=O)[O-])n2C)C1. The Kier molecular flexibility index (Phi) is 4.08. The molecule has 1 saturated heterocycles. The first-order chi connectivity index (χ1) is 9.41. The van der Waals surface area contributed by atoms with Gasteiger partial charge < -0.3 is 20.7 Å². The summed E-state index contributed by atoms with van der Waals surface area (Å²) in [5, 5.41) is 10.8. The number of nitrogens with two attached hydrogens (primary N) is 1. The van der Waals surface area contributed by atoms with Gasteiger partial charge in [0.05, 0.1) is 7.05 Å². The highest BCUT2D eigenvalue weighted by Gasteiger charge is 2.30. The number of nitrogens with zero attached hydrogens (tertiary/aromatic N) is 3. The minimum atomic E-state index is -0.488. The summed E-state index contributed by atoms with van der Waals surface area (Å²) in [4.78, 5) is 24.5. The smallest absolute Gasteiger partial charge is 0.323 e. The Labute approximate surface area is 117 Å². The van der Waals surface area contributed by atoms with Crippen LogP contribution in [0.2, 0.25) is 0 Å². The number of nitro groups is 1. The van der Waals surface area contributed by atoms with Crippen LogP contribution in [0.3, 0.4) is 0 Å². The Morgan fingerprint density at radius 3 is 2.80 bits per heavy atom. The van der Waals surface area contributed by atoms with E-state index in [2.05, 4.69) is 0 Å². The summed E-state index contributed by atoms with van der Waals surface area (Å²) in [6, 6.07) is 2.92. The molecular weight excluding hydrogens is 260 g/mol. The lowest BCUT2D eigenvalue weighted by Crippen LogP contribution is -2.45. The third-order valence-corrected chi connectivity index (χ3v) is 3.99. The zero-order valence-electron chi connectivity index (χ0n) is 11.8. The van der Waals surface area contributed by atoms with Gasteiger partial charge in [-0.3, -0.25) is 4.79 Å². The molecule has 0 aromatic carbocycles. The van der Waals surface area contributed by atoms with Crippen LogP contribution in [0.1, 0.15) is 30.3 Å². The lowest BCUT2D eigenvalue weighted by atomic mass is 9.92. The van der Waals surface area contributed by atoms with Crippen molar-refractivity contribution in [2.45, 2.75) is 25.8 Å². The molecule has 2 heterocycles. The third kappa shape index (κ3) is 2.67. The highest BCUT2D eigenvalue weighted by atomic mass is 16.6. The van der Waals surface area contributed by atoms with E-state index in [9.17, 15) is 14.9 Å². The number of aromatic nitrogens is 1. The van der Waals surface area contributed by atoms with E-state index in [0.717, 1.165) is 12.8 Å². The Morgan fingerprint density at radius 1 is 1.55 bits per heavy atom. The minimum absolute atomic E-state index is 0.0494. The molecular formula is C13H20N4O3. The van der Waals surface area contributed by atoms with Crippen molar-refractivity contribution >= 4 is 11.7 Å². The molecule has 2 unspecified atom stereocenters. The van der Waals surface area contributed by atoms with Crippen LogP contribution >= 0.6 is 0 Å². The van der Waals surface area contributed by atoms with Crippen LogP contribution in [0, 0.1) is 16.0 Å². The van der Waals surface area contributed by atoms with Crippen LogP contribution in [0.4, 0.5) is 5.82 Å². The molecule has 1 aromatic rings.